The summed E-state index contributed by atoms with van der Waals surface area (Å²) >= 11 is 6.13. The second-order valence-electron chi connectivity index (χ2n) is 5.47. The van der Waals surface area contributed by atoms with Crippen LogP contribution in [0.3, 0.4) is 0 Å². The van der Waals surface area contributed by atoms with Gasteiger partial charge in [-0.15, -0.1) is 0 Å². The first-order chi connectivity index (χ1) is 10.0. The highest BCUT2D eigenvalue weighted by Gasteiger charge is 2.32. The summed E-state index contributed by atoms with van der Waals surface area (Å²) in [4.78, 5) is 0.180. The predicted octanol–water partition coefficient (Wildman–Crippen LogP) is 3.14. The Balaban J connectivity index is 2.38. The molecule has 1 aliphatic rings. The number of nitrogens with two attached hydrogens (primary N) is 1. The van der Waals surface area contributed by atoms with Crippen molar-refractivity contribution >= 4 is 21.6 Å². The Morgan fingerprint density at radius 1 is 1.29 bits per heavy atom. The van der Waals surface area contributed by atoms with E-state index in [0.717, 1.165) is 31.2 Å². The van der Waals surface area contributed by atoms with Crippen LogP contribution in [0.25, 0.3) is 0 Å². The van der Waals surface area contributed by atoms with Crippen molar-refractivity contribution in [2.75, 3.05) is 6.54 Å². The smallest absolute Gasteiger partial charge is 0.244 e. The Hall–Kier alpha value is -0.620. The molecule has 1 aromatic carbocycles. The van der Waals surface area contributed by atoms with Crippen LogP contribution in [0.15, 0.2) is 23.1 Å². The molecule has 1 aromatic rings. The second-order valence-corrected chi connectivity index (χ2v) is 7.74. The largest absolute Gasteiger partial charge is 0.326 e. The van der Waals surface area contributed by atoms with Crippen molar-refractivity contribution in [2.24, 2.45) is 5.73 Å². The van der Waals surface area contributed by atoms with Crippen LogP contribution in [0.1, 0.15) is 44.6 Å². The SMILES string of the molecule is CCN(C1CCCCC1)S(=O)(=O)c1cc(CN)ccc1Cl. The van der Waals surface area contributed by atoms with Crippen molar-refractivity contribution in [3.63, 3.8) is 0 Å². The summed E-state index contributed by atoms with van der Waals surface area (Å²) in [6, 6.07) is 5.07. The van der Waals surface area contributed by atoms with E-state index in [2.05, 4.69) is 0 Å². The lowest BCUT2D eigenvalue weighted by Crippen LogP contribution is -2.41. The topological polar surface area (TPSA) is 63.4 Å². The lowest BCUT2D eigenvalue weighted by molar-refractivity contribution is 0.261. The highest BCUT2D eigenvalue weighted by Crippen LogP contribution is 2.31. The Bertz CT molecular complexity index is 583. The first-order valence-electron chi connectivity index (χ1n) is 7.51. The monoisotopic (exact) mass is 330 g/mol. The van der Waals surface area contributed by atoms with Crippen LogP contribution in [0, 0.1) is 0 Å². The molecule has 2 N–H and O–H groups in total. The van der Waals surface area contributed by atoms with Crippen LogP contribution in [-0.4, -0.2) is 25.3 Å². The molecule has 0 amide bonds. The van der Waals surface area contributed by atoms with Crippen LogP contribution in [0.4, 0.5) is 0 Å². The van der Waals surface area contributed by atoms with Gasteiger partial charge in [-0.1, -0.05) is 43.9 Å². The maximum Gasteiger partial charge on any atom is 0.244 e. The molecule has 0 unspecified atom stereocenters. The van der Waals surface area contributed by atoms with Crippen molar-refractivity contribution in [3.05, 3.63) is 28.8 Å². The minimum absolute atomic E-state index is 0.0892. The van der Waals surface area contributed by atoms with E-state index in [1.165, 1.54) is 6.42 Å². The Morgan fingerprint density at radius 3 is 2.52 bits per heavy atom. The molecule has 0 bridgehead atoms. The van der Waals surface area contributed by atoms with Gasteiger partial charge in [0, 0.05) is 19.1 Å². The average molecular weight is 331 g/mol. The molecule has 0 atom stereocenters. The Morgan fingerprint density at radius 2 is 1.95 bits per heavy atom. The third kappa shape index (κ3) is 3.59. The van der Waals surface area contributed by atoms with Crippen LogP contribution in [0.5, 0.6) is 0 Å². The third-order valence-corrected chi connectivity index (χ3v) is 6.62. The number of hydrogen-bond acceptors (Lipinski definition) is 3. The summed E-state index contributed by atoms with van der Waals surface area (Å²) in [5, 5.41) is 0.265. The quantitative estimate of drug-likeness (QED) is 0.902. The fourth-order valence-corrected chi connectivity index (χ4v) is 5.21. The van der Waals surface area contributed by atoms with Gasteiger partial charge in [0.2, 0.25) is 10.0 Å². The van der Waals surface area contributed by atoms with Gasteiger partial charge in [-0.05, 0) is 30.5 Å². The average Bonchev–Trinajstić information content (AvgIpc) is 2.49. The van der Waals surface area contributed by atoms with E-state index in [1.807, 2.05) is 6.92 Å². The molecule has 0 heterocycles. The Labute approximate surface area is 132 Å². The molecule has 1 fully saturated rings. The van der Waals surface area contributed by atoms with E-state index in [0.29, 0.717) is 13.1 Å². The molecule has 2 rings (SSSR count). The fourth-order valence-electron chi connectivity index (χ4n) is 2.99. The van der Waals surface area contributed by atoms with Gasteiger partial charge >= 0.3 is 0 Å². The van der Waals surface area contributed by atoms with E-state index in [-0.39, 0.29) is 16.0 Å². The molecular weight excluding hydrogens is 308 g/mol. The third-order valence-electron chi connectivity index (χ3n) is 4.11. The zero-order valence-corrected chi connectivity index (χ0v) is 14.0. The summed E-state index contributed by atoms with van der Waals surface area (Å²) in [7, 11) is -3.57. The molecule has 0 aromatic heterocycles. The molecule has 4 nitrogen and oxygen atoms in total. The molecular formula is C15H23ClN2O2S. The number of rotatable bonds is 5. The van der Waals surface area contributed by atoms with Crippen LogP contribution < -0.4 is 5.73 Å². The minimum Gasteiger partial charge on any atom is -0.326 e. The van der Waals surface area contributed by atoms with E-state index < -0.39 is 10.0 Å². The van der Waals surface area contributed by atoms with Gasteiger partial charge in [-0.3, -0.25) is 0 Å². The van der Waals surface area contributed by atoms with Gasteiger partial charge in [-0.2, -0.15) is 4.31 Å². The summed E-state index contributed by atoms with van der Waals surface area (Å²) in [5.41, 5.74) is 6.39. The van der Waals surface area contributed by atoms with Gasteiger partial charge in [-0.25, -0.2) is 8.42 Å². The van der Waals surface area contributed by atoms with Crippen molar-refractivity contribution in [2.45, 2.75) is 56.5 Å². The van der Waals surface area contributed by atoms with Crippen LogP contribution >= 0.6 is 11.6 Å². The Kier molecular flexibility index (Phi) is 5.66. The minimum atomic E-state index is -3.57. The van der Waals surface area contributed by atoms with Crippen molar-refractivity contribution in [3.8, 4) is 0 Å². The van der Waals surface area contributed by atoms with Crippen LogP contribution in [-0.2, 0) is 16.6 Å². The summed E-state index contributed by atoms with van der Waals surface area (Å²) in [6.45, 7) is 2.65. The maximum absolute atomic E-state index is 13.0. The molecule has 0 radical (unpaired) electrons. The highest BCUT2D eigenvalue weighted by molar-refractivity contribution is 7.89. The van der Waals surface area contributed by atoms with Gasteiger partial charge in [0.1, 0.15) is 4.90 Å². The zero-order chi connectivity index (χ0) is 15.5. The lowest BCUT2D eigenvalue weighted by atomic mass is 9.95. The first kappa shape index (κ1) is 16.7. The molecule has 6 heteroatoms. The number of sulfonamides is 1. The second kappa shape index (κ2) is 7.09. The van der Waals surface area contributed by atoms with E-state index in [4.69, 9.17) is 17.3 Å². The molecule has 0 spiro atoms. The normalized spacial score (nSPS) is 17.3. The zero-order valence-electron chi connectivity index (χ0n) is 12.4. The molecule has 0 saturated heterocycles. The number of nitrogens with zero attached hydrogens (tertiary/aromatic N) is 1. The molecule has 21 heavy (non-hydrogen) atoms. The molecule has 0 aliphatic heterocycles. The van der Waals surface area contributed by atoms with E-state index in [1.54, 1.807) is 22.5 Å². The van der Waals surface area contributed by atoms with Crippen LogP contribution in [0.2, 0.25) is 5.02 Å². The predicted molar refractivity (Wildman–Crippen MR) is 85.8 cm³/mol. The number of benzene rings is 1. The lowest BCUT2D eigenvalue weighted by Gasteiger charge is -2.32. The van der Waals surface area contributed by atoms with Crippen molar-refractivity contribution in [1.29, 1.82) is 0 Å². The van der Waals surface area contributed by atoms with Gasteiger partial charge < -0.3 is 5.73 Å². The first-order valence-corrected chi connectivity index (χ1v) is 9.32. The molecule has 1 saturated carbocycles. The van der Waals surface area contributed by atoms with E-state index >= 15 is 0 Å². The highest BCUT2D eigenvalue weighted by atomic mass is 35.5. The number of halogens is 1. The standard InChI is InChI=1S/C15H23ClN2O2S/c1-2-18(13-6-4-3-5-7-13)21(19,20)15-10-12(11-17)8-9-14(15)16/h8-10,13H,2-7,11,17H2,1H3. The van der Waals surface area contributed by atoms with Crippen molar-refractivity contribution in [1.82, 2.24) is 4.31 Å². The molecule has 118 valence electrons. The van der Waals surface area contributed by atoms with E-state index in [9.17, 15) is 8.42 Å². The van der Waals surface area contributed by atoms with Crippen molar-refractivity contribution < 1.29 is 8.42 Å². The summed E-state index contributed by atoms with van der Waals surface area (Å²) in [6.07, 6.45) is 5.24. The summed E-state index contributed by atoms with van der Waals surface area (Å²) in [5.74, 6) is 0. The van der Waals surface area contributed by atoms with Gasteiger partial charge in [0.05, 0.1) is 5.02 Å². The van der Waals surface area contributed by atoms with Gasteiger partial charge in [0.15, 0.2) is 0 Å². The van der Waals surface area contributed by atoms with Gasteiger partial charge in [0.25, 0.3) is 0 Å². The fraction of sp³-hybridized carbons (Fsp3) is 0.600. The molecule has 1 aliphatic carbocycles. The summed E-state index contributed by atoms with van der Waals surface area (Å²) < 4.78 is 27.5. The maximum atomic E-state index is 13.0. The number of hydrogen-bond donors (Lipinski definition) is 1.